The lowest BCUT2D eigenvalue weighted by Gasteiger charge is -2.24. The van der Waals surface area contributed by atoms with E-state index in [0.29, 0.717) is 38.5 Å². The Kier molecular flexibility index (Phi) is 6.97. The van der Waals surface area contributed by atoms with E-state index >= 15 is 0 Å². The molecule has 1 aliphatic heterocycles. The molecule has 1 aliphatic rings. The first kappa shape index (κ1) is 24.2. The highest BCUT2D eigenvalue weighted by Crippen LogP contribution is 2.31. The number of hydrogen-bond acceptors (Lipinski definition) is 7. The van der Waals surface area contributed by atoms with Gasteiger partial charge < -0.3 is 14.6 Å². The fourth-order valence-corrected chi connectivity index (χ4v) is 5.02. The molecule has 180 valence electrons. The van der Waals surface area contributed by atoms with E-state index in [9.17, 15) is 19.5 Å². The summed E-state index contributed by atoms with van der Waals surface area (Å²) in [6, 6.07) is 12.9. The van der Waals surface area contributed by atoms with Crippen molar-refractivity contribution < 1.29 is 24.2 Å². The van der Waals surface area contributed by atoms with E-state index in [-0.39, 0.29) is 23.3 Å². The Morgan fingerprint density at radius 1 is 1.11 bits per heavy atom. The zero-order valence-electron chi connectivity index (χ0n) is 19.5. The summed E-state index contributed by atoms with van der Waals surface area (Å²) in [5, 5.41) is 9.52. The number of rotatable bonds is 7. The maximum absolute atomic E-state index is 13.6. The largest absolute Gasteiger partial charge is 0.494 e. The van der Waals surface area contributed by atoms with Gasteiger partial charge in [0.1, 0.15) is 5.75 Å². The lowest BCUT2D eigenvalue weighted by atomic mass is 9.96. The minimum atomic E-state index is -1.09. The molecule has 0 saturated carbocycles. The van der Waals surface area contributed by atoms with E-state index in [1.807, 2.05) is 19.1 Å². The van der Waals surface area contributed by atoms with Crippen molar-refractivity contribution in [3.8, 4) is 5.75 Å². The van der Waals surface area contributed by atoms with Crippen molar-refractivity contribution in [3.05, 3.63) is 96.2 Å². The number of aromatic nitrogens is 1. The van der Waals surface area contributed by atoms with Crippen molar-refractivity contribution in [2.24, 2.45) is 4.99 Å². The Hall–Kier alpha value is -3.98. The lowest BCUT2D eigenvalue weighted by Crippen LogP contribution is -2.39. The topological polar surface area (TPSA) is 107 Å². The van der Waals surface area contributed by atoms with Gasteiger partial charge in [0.15, 0.2) is 4.80 Å². The number of carboxylic acid groups (broad SMARTS) is 1. The van der Waals surface area contributed by atoms with Gasteiger partial charge in [-0.05, 0) is 56.2 Å². The molecule has 35 heavy (non-hydrogen) atoms. The van der Waals surface area contributed by atoms with Crippen LogP contribution in [0.5, 0.6) is 5.75 Å². The van der Waals surface area contributed by atoms with Gasteiger partial charge in [0.2, 0.25) is 0 Å². The Balaban J connectivity index is 1.94. The molecule has 0 amide bonds. The lowest BCUT2D eigenvalue weighted by molar-refractivity contribution is -0.139. The van der Waals surface area contributed by atoms with Crippen LogP contribution >= 0.6 is 11.3 Å². The van der Waals surface area contributed by atoms with E-state index in [0.717, 1.165) is 11.3 Å². The first-order valence-corrected chi connectivity index (χ1v) is 11.9. The third-order valence-corrected chi connectivity index (χ3v) is 6.48. The molecule has 8 nitrogen and oxygen atoms in total. The number of thiazole rings is 1. The second kappa shape index (κ2) is 10.1. The van der Waals surface area contributed by atoms with Gasteiger partial charge in [-0.3, -0.25) is 9.36 Å². The third kappa shape index (κ3) is 4.67. The number of ether oxygens (including phenoxy) is 2. The number of carbonyl (C=O) groups excluding carboxylic acids is 1. The van der Waals surface area contributed by atoms with Crippen LogP contribution in [-0.4, -0.2) is 34.8 Å². The molecule has 2 aromatic carbocycles. The number of carbonyl (C=O) groups is 2. The fourth-order valence-electron chi connectivity index (χ4n) is 3.98. The maximum atomic E-state index is 13.6. The number of allylic oxidation sites excluding steroid dienone is 1. The number of hydrogen-bond donors (Lipinski definition) is 1. The van der Waals surface area contributed by atoms with Crippen molar-refractivity contribution in [3.63, 3.8) is 0 Å². The van der Waals surface area contributed by atoms with Gasteiger partial charge in [-0.2, -0.15) is 0 Å². The van der Waals surface area contributed by atoms with Crippen LogP contribution in [0, 0.1) is 0 Å². The van der Waals surface area contributed by atoms with Gasteiger partial charge in [0, 0.05) is 0 Å². The highest BCUT2D eigenvalue weighted by Gasteiger charge is 2.33. The zero-order chi connectivity index (χ0) is 25.1. The second-order valence-corrected chi connectivity index (χ2v) is 8.71. The summed E-state index contributed by atoms with van der Waals surface area (Å²) in [6.07, 6.45) is 1.55. The zero-order valence-corrected chi connectivity index (χ0v) is 20.3. The van der Waals surface area contributed by atoms with Crippen LogP contribution in [0.1, 0.15) is 48.3 Å². The normalized spacial score (nSPS) is 15.4. The number of benzene rings is 2. The van der Waals surface area contributed by atoms with E-state index in [1.165, 1.54) is 10.6 Å². The van der Waals surface area contributed by atoms with E-state index in [2.05, 4.69) is 4.99 Å². The predicted octanol–water partition coefficient (Wildman–Crippen LogP) is 2.90. The van der Waals surface area contributed by atoms with Crippen molar-refractivity contribution in [1.82, 2.24) is 4.57 Å². The Morgan fingerprint density at radius 3 is 2.49 bits per heavy atom. The van der Waals surface area contributed by atoms with Crippen LogP contribution in [0.3, 0.4) is 0 Å². The molecule has 0 saturated heterocycles. The smallest absolute Gasteiger partial charge is 0.338 e. The molecule has 0 spiro atoms. The minimum Gasteiger partial charge on any atom is -0.494 e. The quantitative estimate of drug-likeness (QED) is 0.509. The van der Waals surface area contributed by atoms with Crippen LogP contribution in [0.25, 0.3) is 6.08 Å². The van der Waals surface area contributed by atoms with Crippen molar-refractivity contribution >= 4 is 29.4 Å². The molecule has 2 heterocycles. The summed E-state index contributed by atoms with van der Waals surface area (Å²) in [5.41, 5.74) is 1.56. The summed E-state index contributed by atoms with van der Waals surface area (Å²) in [7, 11) is 0. The van der Waals surface area contributed by atoms with Gasteiger partial charge in [-0.15, -0.1) is 0 Å². The molecule has 9 heteroatoms. The van der Waals surface area contributed by atoms with Crippen LogP contribution in [0.2, 0.25) is 0 Å². The first-order chi connectivity index (χ1) is 16.8. The molecule has 0 radical (unpaired) electrons. The molecule has 1 N–H and O–H groups in total. The average Bonchev–Trinajstić information content (AvgIpc) is 3.13. The number of nitrogens with zero attached hydrogens (tertiary/aromatic N) is 2. The number of esters is 1. The van der Waals surface area contributed by atoms with Crippen LogP contribution in [0.15, 0.2) is 69.6 Å². The van der Waals surface area contributed by atoms with Gasteiger partial charge >= 0.3 is 11.9 Å². The second-order valence-electron chi connectivity index (χ2n) is 7.70. The minimum absolute atomic E-state index is 0.0878. The van der Waals surface area contributed by atoms with E-state index in [1.54, 1.807) is 50.3 Å². The Morgan fingerprint density at radius 2 is 1.83 bits per heavy atom. The van der Waals surface area contributed by atoms with E-state index < -0.39 is 18.0 Å². The van der Waals surface area contributed by atoms with Crippen LogP contribution in [-0.2, 0) is 9.53 Å². The molecule has 1 unspecified atom stereocenters. The summed E-state index contributed by atoms with van der Waals surface area (Å²) < 4.78 is 12.6. The number of aromatic carboxylic acids is 1. The molecule has 0 bridgehead atoms. The molecule has 4 rings (SSSR count). The predicted molar refractivity (Wildman–Crippen MR) is 131 cm³/mol. The summed E-state index contributed by atoms with van der Waals surface area (Å²) in [4.78, 5) is 43.2. The van der Waals surface area contributed by atoms with Gasteiger partial charge in [-0.25, -0.2) is 14.6 Å². The maximum Gasteiger partial charge on any atom is 0.338 e. The Bertz CT molecular complexity index is 1500. The molecular formula is C26H24N2O6S. The fraction of sp³-hybridized carbons (Fsp3) is 0.231. The molecule has 0 fully saturated rings. The molecule has 3 aromatic rings. The van der Waals surface area contributed by atoms with Crippen LogP contribution < -0.4 is 19.6 Å². The van der Waals surface area contributed by atoms with Gasteiger partial charge in [0.25, 0.3) is 5.56 Å². The Labute approximate surface area is 205 Å². The highest BCUT2D eigenvalue weighted by molar-refractivity contribution is 7.07. The standard InChI is InChI=1S/C26H24N2O6S/c1-4-33-18-12-10-16(11-13-18)22-21(25(32)34-5-2)15(3)27-26-28(22)23(29)20(35-26)14-17-8-6-7-9-19(17)24(30)31/h6-14,22H,4-5H2,1-3H3,(H,30,31)/b20-14-. The molecular weight excluding hydrogens is 468 g/mol. The molecule has 1 atom stereocenters. The summed E-state index contributed by atoms with van der Waals surface area (Å²) >= 11 is 1.14. The highest BCUT2D eigenvalue weighted by atomic mass is 32.1. The van der Waals surface area contributed by atoms with Crippen LogP contribution in [0.4, 0.5) is 0 Å². The molecule has 1 aromatic heterocycles. The van der Waals surface area contributed by atoms with Gasteiger partial charge in [-0.1, -0.05) is 41.7 Å². The van der Waals surface area contributed by atoms with Crippen molar-refractivity contribution in [2.75, 3.05) is 13.2 Å². The monoisotopic (exact) mass is 492 g/mol. The molecule has 0 aliphatic carbocycles. The van der Waals surface area contributed by atoms with Gasteiger partial charge in [0.05, 0.1) is 40.6 Å². The summed E-state index contributed by atoms with van der Waals surface area (Å²) in [5.74, 6) is -0.956. The average molecular weight is 493 g/mol. The summed E-state index contributed by atoms with van der Waals surface area (Å²) in [6.45, 7) is 6.01. The number of carboxylic acids is 1. The SMILES string of the molecule is CCOC(=O)C1=C(C)N=c2s/c(=C\c3ccccc3C(=O)O)c(=O)n2C1c1ccc(OCC)cc1. The van der Waals surface area contributed by atoms with Crippen molar-refractivity contribution in [2.45, 2.75) is 26.8 Å². The van der Waals surface area contributed by atoms with Crippen molar-refractivity contribution in [1.29, 1.82) is 0 Å². The third-order valence-electron chi connectivity index (χ3n) is 5.50. The first-order valence-electron chi connectivity index (χ1n) is 11.1. The van der Waals surface area contributed by atoms with E-state index in [4.69, 9.17) is 9.47 Å². The number of fused-ring (bicyclic) bond motifs is 1.